The molecule has 1 aromatic carbocycles. The van der Waals surface area contributed by atoms with Crippen molar-refractivity contribution in [3.8, 4) is 0 Å². The largest absolute Gasteiger partial charge is 0.465 e. The number of ether oxygens (including phenoxy) is 1. The molecule has 3 rings (SSSR count). The van der Waals surface area contributed by atoms with Crippen molar-refractivity contribution in [3.63, 3.8) is 0 Å². The molecule has 0 saturated carbocycles. The number of amides is 1. The van der Waals surface area contributed by atoms with E-state index in [0.29, 0.717) is 27.0 Å². The average Bonchev–Trinajstić information content (AvgIpc) is 2.92. The van der Waals surface area contributed by atoms with Gasteiger partial charge >= 0.3 is 5.97 Å². The smallest absolute Gasteiger partial charge is 0.337 e. The zero-order valence-electron chi connectivity index (χ0n) is 14.6. The Morgan fingerprint density at radius 1 is 1.19 bits per heavy atom. The van der Waals surface area contributed by atoms with Gasteiger partial charge in [-0.3, -0.25) is 4.79 Å². The number of carbonyl (C=O) groups is 2. The summed E-state index contributed by atoms with van der Waals surface area (Å²) < 4.78 is 4.70. The van der Waals surface area contributed by atoms with Crippen molar-refractivity contribution in [3.05, 3.63) is 50.7 Å². The summed E-state index contributed by atoms with van der Waals surface area (Å²) >= 11 is 7.46. The predicted molar refractivity (Wildman–Crippen MR) is 102 cm³/mol. The summed E-state index contributed by atoms with van der Waals surface area (Å²) in [5.74, 6) is -0.153. The van der Waals surface area contributed by atoms with Crippen molar-refractivity contribution in [2.24, 2.45) is 0 Å². The fraction of sp³-hybridized carbons (Fsp3) is 0.222. The van der Waals surface area contributed by atoms with Gasteiger partial charge in [-0.1, -0.05) is 11.6 Å². The maximum atomic E-state index is 12.8. The van der Waals surface area contributed by atoms with Crippen LogP contribution in [0.3, 0.4) is 0 Å². The van der Waals surface area contributed by atoms with E-state index >= 15 is 0 Å². The number of carbonyl (C=O) groups excluding carboxylic acids is 2. The van der Waals surface area contributed by atoms with Crippen LogP contribution < -0.4 is 5.32 Å². The maximum absolute atomic E-state index is 12.8. The molecule has 0 atom stereocenters. The van der Waals surface area contributed by atoms with Crippen molar-refractivity contribution < 1.29 is 14.3 Å². The number of esters is 1. The van der Waals surface area contributed by atoms with Crippen molar-refractivity contribution in [2.75, 3.05) is 12.4 Å². The minimum absolute atomic E-state index is 0.303. The molecule has 1 N–H and O–H groups in total. The van der Waals surface area contributed by atoms with Crippen LogP contribution in [-0.4, -0.2) is 29.0 Å². The fourth-order valence-electron chi connectivity index (χ4n) is 2.74. The first kappa shape index (κ1) is 18.3. The molecule has 0 fully saturated rings. The summed E-state index contributed by atoms with van der Waals surface area (Å²) in [5.41, 5.74) is 2.30. The highest BCUT2D eigenvalue weighted by Crippen LogP contribution is 2.32. The molecular weight excluding hydrogens is 374 g/mol. The second-order valence-electron chi connectivity index (χ2n) is 5.73. The predicted octanol–water partition coefficient (Wildman–Crippen LogP) is 4.31. The van der Waals surface area contributed by atoms with Gasteiger partial charge in [0.2, 0.25) is 0 Å². The Morgan fingerprint density at radius 2 is 1.92 bits per heavy atom. The summed E-state index contributed by atoms with van der Waals surface area (Å²) in [4.78, 5) is 34.5. The Balaban J connectivity index is 1.99. The second kappa shape index (κ2) is 7.01. The number of aryl methyl sites for hydroxylation is 3. The Morgan fingerprint density at radius 3 is 2.62 bits per heavy atom. The molecule has 0 saturated heterocycles. The third-order valence-electron chi connectivity index (χ3n) is 3.92. The highest BCUT2D eigenvalue weighted by Gasteiger charge is 2.20. The number of hydrogen-bond acceptors (Lipinski definition) is 6. The molecule has 2 aromatic heterocycles. The molecule has 0 aliphatic heterocycles. The molecule has 0 aliphatic carbocycles. The van der Waals surface area contributed by atoms with Gasteiger partial charge in [0, 0.05) is 11.1 Å². The van der Waals surface area contributed by atoms with Crippen LogP contribution in [0.25, 0.3) is 10.2 Å². The number of nitrogens with one attached hydrogen (secondary N) is 1. The lowest BCUT2D eigenvalue weighted by Crippen LogP contribution is -2.12. The fourth-order valence-corrected chi connectivity index (χ4v) is 4.07. The van der Waals surface area contributed by atoms with Gasteiger partial charge in [0.25, 0.3) is 5.91 Å². The van der Waals surface area contributed by atoms with Gasteiger partial charge in [-0.15, -0.1) is 11.3 Å². The number of halogens is 1. The summed E-state index contributed by atoms with van der Waals surface area (Å²) in [6, 6.07) is 4.57. The van der Waals surface area contributed by atoms with Crippen LogP contribution in [0.1, 0.15) is 37.1 Å². The van der Waals surface area contributed by atoms with Crippen molar-refractivity contribution in [1.29, 1.82) is 0 Å². The lowest BCUT2D eigenvalue weighted by molar-refractivity contribution is 0.0600. The van der Waals surface area contributed by atoms with E-state index < -0.39 is 5.97 Å². The first-order valence-electron chi connectivity index (χ1n) is 7.75. The summed E-state index contributed by atoms with van der Waals surface area (Å²) in [6.45, 7) is 5.58. The first-order valence-corrected chi connectivity index (χ1v) is 8.94. The standard InChI is InChI=1S/C18H16ClN3O3S/c1-8-14-9(2)20-10(3)21-17(14)26-15(8)16(23)22-13-7-11(18(24)25-4)5-6-12(13)19/h5-7H,1-4H3,(H,22,23). The van der Waals surface area contributed by atoms with E-state index in [1.807, 2.05) is 20.8 Å². The normalized spacial score (nSPS) is 10.8. The van der Waals surface area contributed by atoms with Gasteiger partial charge in [0.15, 0.2) is 0 Å². The Hall–Kier alpha value is -2.51. The van der Waals surface area contributed by atoms with Crippen LogP contribution in [-0.2, 0) is 4.74 Å². The number of aromatic nitrogens is 2. The molecule has 0 spiro atoms. The van der Waals surface area contributed by atoms with E-state index in [0.717, 1.165) is 21.5 Å². The molecule has 6 nitrogen and oxygen atoms in total. The van der Waals surface area contributed by atoms with Gasteiger partial charge in [-0.25, -0.2) is 14.8 Å². The lowest BCUT2D eigenvalue weighted by Gasteiger charge is -2.08. The molecule has 0 aliphatic rings. The minimum Gasteiger partial charge on any atom is -0.465 e. The molecule has 1 amide bonds. The molecule has 2 heterocycles. The van der Waals surface area contributed by atoms with Crippen molar-refractivity contribution in [1.82, 2.24) is 9.97 Å². The number of benzene rings is 1. The molecule has 0 bridgehead atoms. The van der Waals surface area contributed by atoms with Crippen LogP contribution in [0.4, 0.5) is 5.69 Å². The van der Waals surface area contributed by atoms with Crippen LogP contribution in [0.2, 0.25) is 5.02 Å². The van der Waals surface area contributed by atoms with E-state index in [1.54, 1.807) is 6.07 Å². The van der Waals surface area contributed by atoms with E-state index in [2.05, 4.69) is 15.3 Å². The van der Waals surface area contributed by atoms with Crippen molar-refractivity contribution >= 4 is 50.7 Å². The maximum Gasteiger partial charge on any atom is 0.337 e. The summed E-state index contributed by atoms with van der Waals surface area (Å²) in [5, 5.41) is 3.98. The van der Waals surface area contributed by atoms with Crippen LogP contribution in [0.5, 0.6) is 0 Å². The first-order chi connectivity index (χ1) is 12.3. The summed E-state index contributed by atoms with van der Waals surface area (Å²) in [6.07, 6.45) is 0. The molecule has 0 unspecified atom stereocenters. The highest BCUT2D eigenvalue weighted by molar-refractivity contribution is 7.20. The number of fused-ring (bicyclic) bond motifs is 1. The van der Waals surface area contributed by atoms with E-state index in [4.69, 9.17) is 16.3 Å². The molecule has 134 valence electrons. The average molecular weight is 390 g/mol. The monoisotopic (exact) mass is 389 g/mol. The van der Waals surface area contributed by atoms with Crippen molar-refractivity contribution in [2.45, 2.75) is 20.8 Å². The molecular formula is C18H16ClN3O3S. The van der Waals surface area contributed by atoms with Gasteiger partial charge in [0.05, 0.1) is 28.3 Å². The number of methoxy groups -OCH3 is 1. The van der Waals surface area contributed by atoms with Gasteiger partial charge in [-0.2, -0.15) is 0 Å². The Bertz CT molecular complexity index is 1050. The molecule has 26 heavy (non-hydrogen) atoms. The van der Waals surface area contributed by atoms with Crippen LogP contribution >= 0.6 is 22.9 Å². The number of rotatable bonds is 3. The van der Waals surface area contributed by atoms with E-state index in [1.165, 1.54) is 30.6 Å². The third kappa shape index (κ3) is 3.27. The molecule has 3 aromatic rings. The van der Waals surface area contributed by atoms with Crippen LogP contribution in [0, 0.1) is 20.8 Å². The number of nitrogens with zero attached hydrogens (tertiary/aromatic N) is 2. The lowest BCUT2D eigenvalue weighted by atomic mass is 10.1. The van der Waals surface area contributed by atoms with E-state index in [-0.39, 0.29) is 5.91 Å². The highest BCUT2D eigenvalue weighted by atomic mass is 35.5. The van der Waals surface area contributed by atoms with Gasteiger partial charge in [0.1, 0.15) is 10.7 Å². The number of anilines is 1. The zero-order chi connectivity index (χ0) is 19.0. The van der Waals surface area contributed by atoms with Crippen LogP contribution in [0.15, 0.2) is 18.2 Å². The topological polar surface area (TPSA) is 81.2 Å². The molecule has 0 radical (unpaired) electrons. The third-order valence-corrected chi connectivity index (χ3v) is 5.44. The van der Waals surface area contributed by atoms with Gasteiger partial charge in [-0.05, 0) is 44.5 Å². The number of thiophene rings is 1. The molecule has 8 heteroatoms. The SMILES string of the molecule is COC(=O)c1ccc(Cl)c(NC(=O)c2sc3nc(C)nc(C)c3c2C)c1. The van der Waals surface area contributed by atoms with Gasteiger partial charge < -0.3 is 10.1 Å². The summed E-state index contributed by atoms with van der Waals surface area (Å²) in [7, 11) is 1.29. The Labute approximate surface area is 159 Å². The number of hydrogen-bond donors (Lipinski definition) is 1. The minimum atomic E-state index is -0.503. The Kier molecular flexibility index (Phi) is 4.93. The second-order valence-corrected chi connectivity index (χ2v) is 7.14. The quantitative estimate of drug-likeness (QED) is 0.675. The van der Waals surface area contributed by atoms with E-state index in [9.17, 15) is 9.59 Å². The zero-order valence-corrected chi connectivity index (χ0v) is 16.2.